The third kappa shape index (κ3) is 4.85. The van der Waals surface area contributed by atoms with E-state index in [4.69, 9.17) is 14.7 Å². The van der Waals surface area contributed by atoms with Crippen molar-refractivity contribution in [3.63, 3.8) is 0 Å². The number of rotatable bonds is 6. The zero-order valence-corrected chi connectivity index (χ0v) is 13.2. The number of Topliss-reactive ketones (excluding diaryl/α,β-unsaturated/α-hetero) is 1. The molecule has 5 nitrogen and oxygen atoms in total. The van der Waals surface area contributed by atoms with Crippen molar-refractivity contribution in [2.75, 3.05) is 6.61 Å². The van der Waals surface area contributed by atoms with Gasteiger partial charge in [0.1, 0.15) is 17.4 Å². The van der Waals surface area contributed by atoms with Gasteiger partial charge in [0.05, 0.1) is 17.2 Å². The topological polar surface area (TPSA) is 76.4 Å². The molecule has 25 heavy (non-hydrogen) atoms. The maximum atomic E-state index is 13.5. The number of carbonyl (C=O) groups is 2. The molecule has 0 unspecified atom stereocenters. The summed E-state index contributed by atoms with van der Waals surface area (Å²) >= 11 is 0. The summed E-state index contributed by atoms with van der Waals surface area (Å²) in [6, 6.07) is 10.4. The fourth-order valence-corrected chi connectivity index (χ4v) is 1.90. The van der Waals surface area contributed by atoms with Crippen molar-refractivity contribution in [1.29, 1.82) is 5.26 Å². The van der Waals surface area contributed by atoms with Crippen molar-refractivity contribution in [3.8, 4) is 11.8 Å². The lowest BCUT2D eigenvalue weighted by molar-refractivity contribution is -0.149. The second-order valence-corrected chi connectivity index (χ2v) is 5.05. The monoisotopic (exact) mass is 345 g/mol. The highest BCUT2D eigenvalue weighted by Gasteiger charge is 2.20. The molecule has 0 aliphatic carbocycles. The number of nitriles is 1. The molecule has 0 fully saturated rings. The van der Waals surface area contributed by atoms with E-state index < -0.39 is 41.7 Å². The fraction of sp³-hybridized carbons (Fsp3) is 0.167. The molecule has 0 aliphatic heterocycles. The summed E-state index contributed by atoms with van der Waals surface area (Å²) in [5, 5.41) is 8.70. The van der Waals surface area contributed by atoms with Crippen molar-refractivity contribution >= 4 is 11.8 Å². The number of esters is 1. The first-order valence-corrected chi connectivity index (χ1v) is 7.22. The van der Waals surface area contributed by atoms with Gasteiger partial charge in [-0.15, -0.1) is 0 Å². The molecule has 0 saturated carbocycles. The average molecular weight is 345 g/mol. The minimum atomic E-state index is -1.03. The minimum absolute atomic E-state index is 0.339. The van der Waals surface area contributed by atoms with Crippen LogP contribution in [0.1, 0.15) is 22.8 Å². The van der Waals surface area contributed by atoms with E-state index in [9.17, 15) is 18.4 Å². The maximum absolute atomic E-state index is 13.5. The fourth-order valence-electron chi connectivity index (χ4n) is 1.90. The van der Waals surface area contributed by atoms with Crippen LogP contribution in [-0.4, -0.2) is 24.5 Å². The molecular formula is C18H13F2NO4. The van der Waals surface area contributed by atoms with Crippen LogP contribution in [0.5, 0.6) is 5.75 Å². The standard InChI is InChI=1S/C18H13F2NO4/c1-11(25-14-5-2-12(9-21)3-6-14)18(23)24-10-17(22)15-8-13(19)4-7-16(15)20/h2-8,11H,10H2,1H3/t11-/m0/s1. The Morgan fingerprint density at radius 3 is 2.48 bits per heavy atom. The summed E-state index contributed by atoms with van der Waals surface area (Å²) in [5.41, 5.74) is -0.0567. The van der Waals surface area contributed by atoms with Gasteiger partial charge in [-0.2, -0.15) is 5.26 Å². The van der Waals surface area contributed by atoms with Crippen LogP contribution in [0.2, 0.25) is 0 Å². The number of nitrogens with zero attached hydrogens (tertiary/aromatic N) is 1. The van der Waals surface area contributed by atoms with E-state index in [2.05, 4.69) is 0 Å². The predicted molar refractivity (Wildman–Crippen MR) is 82.9 cm³/mol. The van der Waals surface area contributed by atoms with Gasteiger partial charge in [0.25, 0.3) is 0 Å². The van der Waals surface area contributed by atoms with Crippen LogP contribution in [-0.2, 0) is 9.53 Å². The van der Waals surface area contributed by atoms with Crippen molar-refractivity contribution in [2.24, 2.45) is 0 Å². The summed E-state index contributed by atoms with van der Waals surface area (Å²) in [4.78, 5) is 23.7. The largest absolute Gasteiger partial charge is 0.479 e. The van der Waals surface area contributed by atoms with Crippen molar-refractivity contribution in [3.05, 3.63) is 65.2 Å². The number of benzene rings is 2. The Kier molecular flexibility index (Phi) is 5.79. The van der Waals surface area contributed by atoms with Gasteiger partial charge < -0.3 is 9.47 Å². The highest BCUT2D eigenvalue weighted by atomic mass is 19.1. The molecule has 2 aromatic rings. The highest BCUT2D eigenvalue weighted by Crippen LogP contribution is 2.14. The first kappa shape index (κ1) is 18.1. The molecule has 128 valence electrons. The van der Waals surface area contributed by atoms with E-state index in [1.807, 2.05) is 6.07 Å². The predicted octanol–water partition coefficient (Wildman–Crippen LogP) is 3.03. The number of halogens is 2. The zero-order chi connectivity index (χ0) is 18.4. The molecule has 0 radical (unpaired) electrons. The molecule has 0 spiro atoms. The van der Waals surface area contributed by atoms with Gasteiger partial charge in [0.2, 0.25) is 5.78 Å². The van der Waals surface area contributed by atoms with Crippen LogP contribution in [0, 0.1) is 23.0 Å². The summed E-state index contributed by atoms with van der Waals surface area (Å²) in [5.74, 6) is -3.03. The molecule has 2 aromatic carbocycles. The molecule has 0 saturated heterocycles. The second kappa shape index (κ2) is 8.02. The van der Waals surface area contributed by atoms with E-state index in [1.54, 1.807) is 0 Å². The summed E-state index contributed by atoms with van der Waals surface area (Å²) in [6.07, 6.45) is -1.03. The lowest BCUT2D eigenvalue weighted by Gasteiger charge is -2.13. The van der Waals surface area contributed by atoms with Crippen molar-refractivity contribution in [1.82, 2.24) is 0 Å². The van der Waals surface area contributed by atoms with E-state index >= 15 is 0 Å². The van der Waals surface area contributed by atoms with Gasteiger partial charge in [0, 0.05) is 0 Å². The Hall–Kier alpha value is -3.27. The van der Waals surface area contributed by atoms with Gasteiger partial charge in [-0.1, -0.05) is 0 Å². The third-order valence-corrected chi connectivity index (χ3v) is 3.20. The Bertz CT molecular complexity index is 828. The first-order valence-electron chi connectivity index (χ1n) is 7.22. The van der Waals surface area contributed by atoms with Crippen LogP contribution in [0.4, 0.5) is 8.78 Å². The normalized spacial score (nSPS) is 11.3. The zero-order valence-electron chi connectivity index (χ0n) is 13.2. The Balaban J connectivity index is 1.91. The maximum Gasteiger partial charge on any atom is 0.347 e. The number of hydrogen-bond acceptors (Lipinski definition) is 5. The smallest absolute Gasteiger partial charge is 0.347 e. The van der Waals surface area contributed by atoms with Gasteiger partial charge in [-0.25, -0.2) is 13.6 Å². The molecule has 0 heterocycles. The van der Waals surface area contributed by atoms with E-state index in [0.29, 0.717) is 11.3 Å². The highest BCUT2D eigenvalue weighted by molar-refractivity contribution is 5.98. The van der Waals surface area contributed by atoms with Crippen LogP contribution in [0.25, 0.3) is 0 Å². The molecule has 0 amide bonds. The number of ether oxygens (including phenoxy) is 2. The SMILES string of the molecule is C[C@H](Oc1ccc(C#N)cc1)C(=O)OCC(=O)c1cc(F)ccc1F. The Morgan fingerprint density at radius 2 is 1.84 bits per heavy atom. The molecular weight excluding hydrogens is 332 g/mol. The number of carbonyl (C=O) groups excluding carboxylic acids is 2. The van der Waals surface area contributed by atoms with Gasteiger partial charge in [-0.3, -0.25) is 4.79 Å². The summed E-state index contributed by atoms with van der Waals surface area (Å²) in [7, 11) is 0. The molecule has 0 bridgehead atoms. The molecule has 7 heteroatoms. The molecule has 0 aliphatic rings. The van der Waals surface area contributed by atoms with Crippen molar-refractivity contribution in [2.45, 2.75) is 13.0 Å². The number of ketones is 1. The van der Waals surface area contributed by atoms with E-state index in [-0.39, 0.29) is 0 Å². The van der Waals surface area contributed by atoms with Crippen LogP contribution < -0.4 is 4.74 Å². The van der Waals surface area contributed by atoms with Crippen LogP contribution in [0.15, 0.2) is 42.5 Å². The Morgan fingerprint density at radius 1 is 1.16 bits per heavy atom. The first-order chi connectivity index (χ1) is 11.9. The van der Waals surface area contributed by atoms with Gasteiger partial charge >= 0.3 is 5.97 Å². The molecule has 1 atom stereocenters. The van der Waals surface area contributed by atoms with E-state index in [1.165, 1.54) is 31.2 Å². The van der Waals surface area contributed by atoms with Crippen LogP contribution >= 0.6 is 0 Å². The van der Waals surface area contributed by atoms with Crippen LogP contribution in [0.3, 0.4) is 0 Å². The molecule has 2 rings (SSSR count). The summed E-state index contributed by atoms with van der Waals surface area (Å²) < 4.78 is 36.6. The van der Waals surface area contributed by atoms with Gasteiger partial charge in [0.15, 0.2) is 12.7 Å². The average Bonchev–Trinajstić information content (AvgIpc) is 2.62. The third-order valence-electron chi connectivity index (χ3n) is 3.20. The molecule has 0 N–H and O–H groups in total. The quantitative estimate of drug-likeness (QED) is 0.594. The van der Waals surface area contributed by atoms with E-state index in [0.717, 1.165) is 18.2 Å². The number of hydrogen-bond donors (Lipinski definition) is 0. The lowest BCUT2D eigenvalue weighted by atomic mass is 10.1. The summed E-state index contributed by atoms with van der Waals surface area (Å²) in [6.45, 7) is 0.675. The Labute approximate surface area is 142 Å². The second-order valence-electron chi connectivity index (χ2n) is 5.05. The lowest BCUT2D eigenvalue weighted by Crippen LogP contribution is -2.28. The molecule has 0 aromatic heterocycles. The van der Waals surface area contributed by atoms with Gasteiger partial charge in [-0.05, 0) is 49.4 Å². The minimum Gasteiger partial charge on any atom is -0.479 e. The van der Waals surface area contributed by atoms with Crippen molar-refractivity contribution < 1.29 is 27.8 Å².